The van der Waals surface area contributed by atoms with E-state index in [1.807, 2.05) is 0 Å². The van der Waals surface area contributed by atoms with Crippen LogP contribution in [0, 0.1) is 5.95 Å². The van der Waals surface area contributed by atoms with Crippen molar-refractivity contribution in [2.24, 2.45) is 0 Å². The lowest BCUT2D eigenvalue weighted by atomic mass is 9.99. The van der Waals surface area contributed by atoms with Gasteiger partial charge in [-0.1, -0.05) is 27.7 Å². The van der Waals surface area contributed by atoms with Crippen molar-refractivity contribution < 1.29 is 4.39 Å². The number of hydrogen-bond donors (Lipinski definition) is 1. The Bertz CT molecular complexity index is 364. The highest BCUT2D eigenvalue weighted by atomic mass is 79.9. The number of aromatic nitrogens is 1. The number of rotatable bonds is 4. The first kappa shape index (κ1) is 13.6. The monoisotopic (exact) mass is 288 g/mol. The van der Waals surface area contributed by atoms with Gasteiger partial charge in [-0.05, 0) is 33.0 Å². The van der Waals surface area contributed by atoms with E-state index in [2.05, 4.69) is 53.9 Å². The molecule has 0 unspecified atom stereocenters. The maximum atomic E-state index is 13.3. The number of pyridine rings is 1. The second-order valence-corrected chi connectivity index (χ2v) is 5.29. The van der Waals surface area contributed by atoms with E-state index in [9.17, 15) is 4.39 Å². The van der Waals surface area contributed by atoms with Crippen LogP contribution in [-0.2, 0) is 6.54 Å². The first-order chi connectivity index (χ1) is 7.43. The van der Waals surface area contributed by atoms with Gasteiger partial charge in [-0.3, -0.25) is 0 Å². The summed E-state index contributed by atoms with van der Waals surface area (Å²) in [5, 5.41) is 3.32. The second kappa shape index (κ2) is 5.73. The standard InChI is InChI=1S/C12H18BrFN2/c1-7(2)10-9(5-15-8(3)4)6-16-12(14)11(10)13/h6-8,15H,5H2,1-4H3. The molecule has 0 aliphatic heterocycles. The molecular weight excluding hydrogens is 271 g/mol. The molecule has 1 aromatic heterocycles. The Kier molecular flexibility index (Phi) is 4.87. The zero-order valence-electron chi connectivity index (χ0n) is 10.1. The quantitative estimate of drug-likeness (QED) is 0.857. The van der Waals surface area contributed by atoms with Crippen LogP contribution in [0.25, 0.3) is 0 Å². The average molecular weight is 289 g/mol. The molecule has 0 fully saturated rings. The van der Waals surface area contributed by atoms with Gasteiger partial charge in [0.1, 0.15) is 0 Å². The second-order valence-electron chi connectivity index (χ2n) is 4.49. The van der Waals surface area contributed by atoms with Crippen molar-refractivity contribution in [3.8, 4) is 0 Å². The van der Waals surface area contributed by atoms with Crippen molar-refractivity contribution in [3.63, 3.8) is 0 Å². The van der Waals surface area contributed by atoms with Crippen molar-refractivity contribution in [1.29, 1.82) is 0 Å². The zero-order valence-corrected chi connectivity index (χ0v) is 11.7. The molecule has 0 aliphatic rings. The van der Waals surface area contributed by atoms with Crippen LogP contribution < -0.4 is 5.32 Å². The van der Waals surface area contributed by atoms with Gasteiger partial charge in [-0.25, -0.2) is 4.98 Å². The molecule has 1 heterocycles. The third-order valence-electron chi connectivity index (χ3n) is 2.38. The Hall–Kier alpha value is -0.480. The number of nitrogens with zero attached hydrogens (tertiary/aromatic N) is 1. The molecule has 1 N–H and O–H groups in total. The van der Waals surface area contributed by atoms with Gasteiger partial charge in [-0.15, -0.1) is 0 Å². The van der Waals surface area contributed by atoms with E-state index in [0.29, 0.717) is 10.5 Å². The van der Waals surface area contributed by atoms with Crippen molar-refractivity contribution in [2.45, 2.75) is 46.2 Å². The Morgan fingerprint density at radius 1 is 1.38 bits per heavy atom. The molecule has 0 saturated carbocycles. The highest BCUT2D eigenvalue weighted by Gasteiger charge is 2.15. The van der Waals surface area contributed by atoms with Crippen molar-refractivity contribution >= 4 is 15.9 Å². The Balaban J connectivity index is 3.03. The van der Waals surface area contributed by atoms with Gasteiger partial charge in [0.25, 0.3) is 0 Å². The Labute approximate surface area is 105 Å². The molecular formula is C12H18BrFN2. The van der Waals surface area contributed by atoms with E-state index >= 15 is 0 Å². The molecule has 90 valence electrons. The van der Waals surface area contributed by atoms with Gasteiger partial charge in [0.2, 0.25) is 5.95 Å². The van der Waals surface area contributed by atoms with E-state index in [1.54, 1.807) is 6.20 Å². The molecule has 0 atom stereocenters. The largest absolute Gasteiger partial charge is 0.310 e. The van der Waals surface area contributed by atoms with Crippen LogP contribution in [0.3, 0.4) is 0 Å². The van der Waals surface area contributed by atoms with Gasteiger partial charge in [0.05, 0.1) is 4.47 Å². The van der Waals surface area contributed by atoms with Gasteiger partial charge in [0, 0.05) is 18.8 Å². The summed E-state index contributed by atoms with van der Waals surface area (Å²) in [4.78, 5) is 3.75. The summed E-state index contributed by atoms with van der Waals surface area (Å²) in [7, 11) is 0. The van der Waals surface area contributed by atoms with Crippen LogP contribution in [0.4, 0.5) is 4.39 Å². The summed E-state index contributed by atoms with van der Waals surface area (Å²) in [6.45, 7) is 9.00. The minimum Gasteiger partial charge on any atom is -0.310 e. The number of halogens is 2. The molecule has 4 heteroatoms. The fourth-order valence-corrected chi connectivity index (χ4v) is 2.41. The number of nitrogens with one attached hydrogen (secondary N) is 1. The molecule has 0 amide bonds. The molecule has 0 bridgehead atoms. The average Bonchev–Trinajstić information content (AvgIpc) is 2.19. The maximum absolute atomic E-state index is 13.3. The predicted octanol–water partition coefficient (Wildman–Crippen LogP) is 3.60. The Morgan fingerprint density at radius 3 is 2.50 bits per heavy atom. The highest BCUT2D eigenvalue weighted by molar-refractivity contribution is 9.10. The third kappa shape index (κ3) is 3.25. The van der Waals surface area contributed by atoms with Gasteiger partial charge in [0.15, 0.2) is 0 Å². The van der Waals surface area contributed by atoms with E-state index in [-0.39, 0.29) is 5.92 Å². The molecule has 0 saturated heterocycles. The summed E-state index contributed by atoms with van der Waals surface area (Å²) >= 11 is 3.27. The molecule has 0 aromatic carbocycles. The van der Waals surface area contributed by atoms with Gasteiger partial charge in [-0.2, -0.15) is 4.39 Å². The molecule has 16 heavy (non-hydrogen) atoms. The summed E-state index contributed by atoms with van der Waals surface area (Å²) in [6, 6.07) is 0.406. The lowest BCUT2D eigenvalue weighted by molar-refractivity contribution is 0.555. The predicted molar refractivity (Wildman–Crippen MR) is 68.0 cm³/mol. The minimum atomic E-state index is -0.433. The molecule has 2 nitrogen and oxygen atoms in total. The SMILES string of the molecule is CC(C)NCc1cnc(F)c(Br)c1C(C)C. The minimum absolute atomic E-state index is 0.274. The highest BCUT2D eigenvalue weighted by Crippen LogP contribution is 2.29. The first-order valence-electron chi connectivity index (χ1n) is 5.49. The van der Waals surface area contributed by atoms with Gasteiger partial charge >= 0.3 is 0 Å². The summed E-state index contributed by atoms with van der Waals surface area (Å²) in [5.41, 5.74) is 2.05. The molecule has 0 spiro atoms. The zero-order chi connectivity index (χ0) is 12.3. The Morgan fingerprint density at radius 2 is 2.00 bits per heavy atom. The molecule has 0 aliphatic carbocycles. The van der Waals surface area contributed by atoms with Crippen molar-refractivity contribution in [2.75, 3.05) is 0 Å². The molecule has 0 radical (unpaired) electrons. The fourth-order valence-electron chi connectivity index (χ4n) is 1.59. The summed E-state index contributed by atoms with van der Waals surface area (Å²) in [5.74, 6) is -0.159. The van der Waals surface area contributed by atoms with Crippen molar-refractivity contribution in [3.05, 3.63) is 27.7 Å². The van der Waals surface area contributed by atoms with E-state index in [0.717, 1.165) is 17.7 Å². The van der Waals surface area contributed by atoms with Crippen LogP contribution >= 0.6 is 15.9 Å². The van der Waals surface area contributed by atoms with E-state index in [4.69, 9.17) is 0 Å². The van der Waals surface area contributed by atoms with Gasteiger partial charge < -0.3 is 5.32 Å². The third-order valence-corrected chi connectivity index (χ3v) is 3.13. The summed E-state index contributed by atoms with van der Waals surface area (Å²) < 4.78 is 13.8. The molecule has 1 rings (SSSR count). The first-order valence-corrected chi connectivity index (χ1v) is 6.29. The summed E-state index contributed by atoms with van der Waals surface area (Å²) in [6.07, 6.45) is 1.62. The van der Waals surface area contributed by atoms with Crippen LogP contribution in [0.2, 0.25) is 0 Å². The lowest BCUT2D eigenvalue weighted by Crippen LogP contribution is -2.23. The van der Waals surface area contributed by atoms with Crippen LogP contribution in [0.15, 0.2) is 10.7 Å². The fraction of sp³-hybridized carbons (Fsp3) is 0.583. The van der Waals surface area contributed by atoms with Crippen LogP contribution in [0.1, 0.15) is 44.7 Å². The maximum Gasteiger partial charge on any atom is 0.227 e. The topological polar surface area (TPSA) is 24.9 Å². The van der Waals surface area contributed by atoms with Crippen LogP contribution in [0.5, 0.6) is 0 Å². The van der Waals surface area contributed by atoms with E-state index < -0.39 is 5.95 Å². The van der Waals surface area contributed by atoms with E-state index in [1.165, 1.54) is 0 Å². The normalized spacial score (nSPS) is 11.5. The van der Waals surface area contributed by atoms with Crippen LogP contribution in [-0.4, -0.2) is 11.0 Å². The smallest absolute Gasteiger partial charge is 0.227 e. The molecule has 1 aromatic rings. The lowest BCUT2D eigenvalue weighted by Gasteiger charge is -2.16. The van der Waals surface area contributed by atoms with Crippen molar-refractivity contribution in [1.82, 2.24) is 10.3 Å². The number of hydrogen-bond acceptors (Lipinski definition) is 2.